The van der Waals surface area contributed by atoms with Crippen LogP contribution in [0, 0.1) is 11.8 Å². The van der Waals surface area contributed by atoms with Gasteiger partial charge >= 0.3 is 11.9 Å². The van der Waals surface area contributed by atoms with Gasteiger partial charge in [-0.1, -0.05) is 6.92 Å². The summed E-state index contributed by atoms with van der Waals surface area (Å²) in [5.41, 5.74) is 0. The van der Waals surface area contributed by atoms with E-state index in [1.165, 1.54) is 16.7 Å². The van der Waals surface area contributed by atoms with Gasteiger partial charge in [0.2, 0.25) is 5.91 Å². The number of carbonyl (C=O) groups excluding carboxylic acids is 1. The normalized spacial score (nSPS) is 36.1. The molecular formula is C10H13NO5S. The summed E-state index contributed by atoms with van der Waals surface area (Å²) in [6, 6.07) is -0.985. The molecule has 0 unspecified atom stereocenters. The lowest BCUT2D eigenvalue weighted by molar-refractivity contribution is -0.167. The lowest BCUT2D eigenvalue weighted by Crippen LogP contribution is -2.68. The Hall–Kier alpha value is -1.24. The first-order valence-corrected chi connectivity index (χ1v) is 6.36. The quantitative estimate of drug-likeness (QED) is 0.697. The number of amides is 1. The number of β-lactam (4-membered cyclic amide) rings is 1. The average molecular weight is 259 g/mol. The number of nitrogens with zero attached hydrogens (tertiary/aromatic N) is 1. The summed E-state index contributed by atoms with van der Waals surface area (Å²) < 4.78 is 0. The Bertz CT molecular complexity index is 385. The van der Waals surface area contributed by atoms with Gasteiger partial charge in [0.15, 0.2) is 0 Å². The Morgan fingerprint density at radius 2 is 2.12 bits per heavy atom. The van der Waals surface area contributed by atoms with Crippen LogP contribution in [0.4, 0.5) is 0 Å². The largest absolute Gasteiger partial charge is 0.481 e. The van der Waals surface area contributed by atoms with E-state index >= 15 is 0 Å². The van der Waals surface area contributed by atoms with Crippen molar-refractivity contribution >= 4 is 29.6 Å². The number of carbonyl (C=O) groups is 3. The Labute approximate surface area is 102 Å². The van der Waals surface area contributed by atoms with Crippen molar-refractivity contribution in [2.75, 3.05) is 5.75 Å². The molecule has 2 aliphatic rings. The fourth-order valence-electron chi connectivity index (χ4n) is 2.42. The number of hydrogen-bond acceptors (Lipinski definition) is 4. The van der Waals surface area contributed by atoms with E-state index in [0.29, 0.717) is 5.75 Å². The summed E-state index contributed by atoms with van der Waals surface area (Å²) in [5.74, 6) is -2.52. The molecule has 2 heterocycles. The highest BCUT2D eigenvalue weighted by Gasteiger charge is 2.55. The molecule has 0 radical (unpaired) electrons. The van der Waals surface area contributed by atoms with E-state index in [1.807, 2.05) is 0 Å². The zero-order valence-corrected chi connectivity index (χ0v) is 10.0. The molecule has 7 heteroatoms. The number of aliphatic carboxylic acids is 2. The van der Waals surface area contributed by atoms with E-state index in [4.69, 9.17) is 10.2 Å². The first-order chi connectivity index (χ1) is 7.93. The van der Waals surface area contributed by atoms with E-state index in [2.05, 4.69) is 0 Å². The maximum atomic E-state index is 11.6. The van der Waals surface area contributed by atoms with Crippen molar-refractivity contribution < 1.29 is 24.6 Å². The van der Waals surface area contributed by atoms with E-state index in [1.54, 1.807) is 6.92 Å². The summed E-state index contributed by atoms with van der Waals surface area (Å²) >= 11 is 1.47. The van der Waals surface area contributed by atoms with Crippen molar-refractivity contribution in [3.05, 3.63) is 0 Å². The smallest absolute Gasteiger partial charge is 0.326 e. The topological polar surface area (TPSA) is 94.9 Å². The number of carboxylic acid groups (broad SMARTS) is 2. The minimum atomic E-state index is -1.11. The van der Waals surface area contributed by atoms with Crippen LogP contribution in [0.25, 0.3) is 0 Å². The molecule has 0 aromatic carbocycles. The summed E-state index contributed by atoms with van der Waals surface area (Å²) in [7, 11) is 0. The Balaban J connectivity index is 2.19. The molecule has 2 saturated heterocycles. The molecule has 0 saturated carbocycles. The van der Waals surface area contributed by atoms with Crippen LogP contribution in [0.3, 0.4) is 0 Å². The highest BCUT2D eigenvalue weighted by Crippen LogP contribution is 2.44. The van der Waals surface area contributed by atoms with Crippen LogP contribution in [-0.2, 0) is 14.4 Å². The Kier molecular flexibility index (Phi) is 3.03. The van der Waals surface area contributed by atoms with Crippen LogP contribution < -0.4 is 0 Å². The molecule has 17 heavy (non-hydrogen) atoms. The van der Waals surface area contributed by atoms with Crippen molar-refractivity contribution in [3.8, 4) is 0 Å². The summed E-state index contributed by atoms with van der Waals surface area (Å²) in [6.45, 7) is 1.77. The van der Waals surface area contributed by atoms with Gasteiger partial charge in [-0.05, 0) is 0 Å². The number of thioether (sulfide) groups is 1. The van der Waals surface area contributed by atoms with Crippen molar-refractivity contribution in [1.82, 2.24) is 4.90 Å². The van der Waals surface area contributed by atoms with Gasteiger partial charge in [0.1, 0.15) is 6.04 Å². The molecule has 0 bridgehead atoms. The fraction of sp³-hybridized carbons (Fsp3) is 0.700. The average Bonchev–Trinajstić information content (AvgIpc) is 2.26. The number of carboxylic acids is 2. The van der Waals surface area contributed by atoms with Gasteiger partial charge in [-0.25, -0.2) is 4.79 Å². The van der Waals surface area contributed by atoms with Crippen molar-refractivity contribution in [3.63, 3.8) is 0 Å². The molecule has 0 spiro atoms. The third kappa shape index (κ3) is 1.88. The Morgan fingerprint density at radius 3 is 2.65 bits per heavy atom. The van der Waals surface area contributed by atoms with Gasteiger partial charge in [-0.2, -0.15) is 0 Å². The standard InChI is InChI=1S/C10H13NO5S/c1-4-8(14)11-7(10(15)16)5(2-6(12)13)3-17-9(4)11/h4-5,7,9H,2-3H2,1H3,(H,12,13)(H,15,16)/t4-,5+,7+,9-/m1/s1. The monoisotopic (exact) mass is 259 g/mol. The number of rotatable bonds is 3. The van der Waals surface area contributed by atoms with Gasteiger partial charge in [0.05, 0.1) is 17.7 Å². The van der Waals surface area contributed by atoms with Gasteiger partial charge < -0.3 is 15.1 Å². The molecular weight excluding hydrogens is 246 g/mol. The highest BCUT2D eigenvalue weighted by atomic mass is 32.2. The molecule has 2 fully saturated rings. The first kappa shape index (κ1) is 12.2. The summed E-state index contributed by atoms with van der Waals surface area (Å²) in [6.07, 6.45) is -0.213. The third-order valence-corrected chi connectivity index (χ3v) is 4.86. The Morgan fingerprint density at radius 1 is 1.47 bits per heavy atom. The molecule has 0 aromatic heterocycles. The fourth-order valence-corrected chi connectivity index (χ4v) is 3.96. The van der Waals surface area contributed by atoms with Gasteiger partial charge in [0.25, 0.3) is 0 Å². The van der Waals surface area contributed by atoms with Gasteiger partial charge in [-0.15, -0.1) is 11.8 Å². The van der Waals surface area contributed by atoms with Crippen molar-refractivity contribution in [2.45, 2.75) is 24.8 Å². The number of hydrogen-bond donors (Lipinski definition) is 2. The SMILES string of the molecule is C[C@@H]1C(=O)N2[C@@H]1SC[C@H](CC(=O)O)[C@H]2C(=O)O. The van der Waals surface area contributed by atoms with Crippen LogP contribution in [0.1, 0.15) is 13.3 Å². The molecule has 0 aliphatic carbocycles. The van der Waals surface area contributed by atoms with Gasteiger partial charge in [-0.3, -0.25) is 9.59 Å². The lowest BCUT2D eigenvalue weighted by Gasteiger charge is -2.53. The molecule has 2 N–H and O–H groups in total. The minimum Gasteiger partial charge on any atom is -0.481 e. The second-order valence-electron chi connectivity index (χ2n) is 4.40. The maximum absolute atomic E-state index is 11.6. The third-order valence-electron chi connectivity index (χ3n) is 3.26. The zero-order valence-electron chi connectivity index (χ0n) is 9.20. The van der Waals surface area contributed by atoms with E-state index < -0.39 is 23.9 Å². The molecule has 4 atom stereocenters. The van der Waals surface area contributed by atoms with E-state index in [-0.39, 0.29) is 23.6 Å². The molecule has 0 aromatic rings. The van der Waals surface area contributed by atoms with Crippen LogP contribution >= 0.6 is 11.8 Å². The second kappa shape index (κ2) is 4.21. The molecule has 2 rings (SSSR count). The molecule has 1 amide bonds. The maximum Gasteiger partial charge on any atom is 0.326 e. The predicted octanol–water partition coefficient (Wildman–Crippen LogP) is 0.0817. The number of fused-ring (bicyclic) bond motifs is 1. The van der Waals surface area contributed by atoms with Gasteiger partial charge in [0, 0.05) is 11.7 Å². The minimum absolute atomic E-state index is 0.103. The molecule has 6 nitrogen and oxygen atoms in total. The van der Waals surface area contributed by atoms with Crippen LogP contribution in [0.5, 0.6) is 0 Å². The van der Waals surface area contributed by atoms with Crippen molar-refractivity contribution in [2.24, 2.45) is 11.8 Å². The zero-order chi connectivity index (χ0) is 12.7. The highest BCUT2D eigenvalue weighted by molar-refractivity contribution is 8.00. The molecule has 94 valence electrons. The molecule has 2 aliphatic heterocycles. The lowest BCUT2D eigenvalue weighted by atomic mass is 9.89. The van der Waals surface area contributed by atoms with Crippen molar-refractivity contribution in [1.29, 1.82) is 0 Å². The van der Waals surface area contributed by atoms with E-state index in [9.17, 15) is 14.4 Å². The van der Waals surface area contributed by atoms with Crippen LogP contribution in [-0.4, -0.2) is 50.1 Å². The van der Waals surface area contributed by atoms with E-state index in [0.717, 1.165) is 0 Å². The first-order valence-electron chi connectivity index (χ1n) is 5.32. The summed E-state index contributed by atoms with van der Waals surface area (Å²) in [4.78, 5) is 34.8. The summed E-state index contributed by atoms with van der Waals surface area (Å²) in [5, 5.41) is 17.8. The van der Waals surface area contributed by atoms with Crippen LogP contribution in [0.15, 0.2) is 0 Å². The van der Waals surface area contributed by atoms with Crippen LogP contribution in [0.2, 0.25) is 0 Å². The predicted molar refractivity (Wildman–Crippen MR) is 59.4 cm³/mol. The second-order valence-corrected chi connectivity index (χ2v) is 5.55.